The van der Waals surface area contributed by atoms with Crippen molar-refractivity contribution >= 4 is 34.9 Å². The first-order chi connectivity index (χ1) is 13.4. The summed E-state index contributed by atoms with van der Waals surface area (Å²) in [5.74, 6) is 0.437. The fraction of sp³-hybridized carbons (Fsp3) is 0.200. The van der Waals surface area contributed by atoms with Crippen molar-refractivity contribution in [2.24, 2.45) is 0 Å². The van der Waals surface area contributed by atoms with Crippen molar-refractivity contribution < 1.29 is 4.79 Å². The smallest absolute Gasteiger partial charge is 0.275 e. The van der Waals surface area contributed by atoms with Crippen molar-refractivity contribution in [3.8, 4) is 0 Å². The number of benzene rings is 1. The molecule has 0 saturated heterocycles. The minimum atomic E-state index is -0.241. The molecule has 0 atom stereocenters. The molecule has 0 radical (unpaired) electrons. The molecule has 0 bridgehead atoms. The summed E-state index contributed by atoms with van der Waals surface area (Å²) < 4.78 is 0. The fourth-order valence-corrected chi connectivity index (χ4v) is 2.91. The largest absolute Gasteiger partial charge is 0.361 e. The highest BCUT2D eigenvalue weighted by atomic mass is 35.5. The van der Waals surface area contributed by atoms with E-state index in [1.54, 1.807) is 35.4 Å². The number of carbonyl (C=O) groups is 1. The van der Waals surface area contributed by atoms with Gasteiger partial charge in [-0.15, -0.1) is 10.2 Å². The van der Waals surface area contributed by atoms with Crippen LogP contribution in [0.3, 0.4) is 0 Å². The number of halogens is 2. The summed E-state index contributed by atoms with van der Waals surface area (Å²) >= 11 is 12.1. The number of rotatable bonds is 6. The lowest BCUT2D eigenvalue weighted by Gasteiger charge is -2.22. The Labute approximate surface area is 173 Å². The minimum Gasteiger partial charge on any atom is -0.361 e. The Morgan fingerprint density at radius 1 is 0.964 bits per heavy atom. The van der Waals surface area contributed by atoms with E-state index in [2.05, 4.69) is 15.2 Å². The van der Waals surface area contributed by atoms with E-state index in [-0.39, 0.29) is 11.6 Å². The van der Waals surface area contributed by atoms with Crippen molar-refractivity contribution in [2.45, 2.75) is 13.1 Å². The highest BCUT2D eigenvalue weighted by Crippen LogP contribution is 2.24. The van der Waals surface area contributed by atoms with Gasteiger partial charge in [0, 0.05) is 26.8 Å². The van der Waals surface area contributed by atoms with Gasteiger partial charge in [0.05, 0.1) is 22.3 Å². The Balaban J connectivity index is 1.87. The molecule has 0 aliphatic rings. The molecule has 144 valence electrons. The summed E-state index contributed by atoms with van der Waals surface area (Å²) in [4.78, 5) is 20.9. The Kier molecular flexibility index (Phi) is 6.44. The predicted molar refractivity (Wildman–Crippen MR) is 111 cm³/mol. The molecule has 0 saturated carbocycles. The number of carbonyl (C=O) groups excluding carboxylic acids is 1. The highest BCUT2D eigenvalue weighted by molar-refractivity contribution is 6.42. The number of hydrogen-bond donors (Lipinski definition) is 0. The van der Waals surface area contributed by atoms with Crippen LogP contribution < -0.4 is 4.90 Å². The van der Waals surface area contributed by atoms with Gasteiger partial charge in [0.1, 0.15) is 0 Å². The molecule has 0 fully saturated rings. The van der Waals surface area contributed by atoms with Crippen LogP contribution in [0.5, 0.6) is 0 Å². The number of nitrogens with zero attached hydrogens (tertiary/aromatic N) is 5. The highest BCUT2D eigenvalue weighted by Gasteiger charge is 2.19. The molecule has 0 spiro atoms. The Morgan fingerprint density at radius 3 is 2.39 bits per heavy atom. The molecule has 2 heterocycles. The molecule has 0 aliphatic carbocycles. The molecule has 3 rings (SSSR count). The molecule has 0 unspecified atom stereocenters. The van der Waals surface area contributed by atoms with Gasteiger partial charge in [0.15, 0.2) is 11.5 Å². The average Bonchev–Trinajstić information content (AvgIpc) is 2.70. The van der Waals surface area contributed by atoms with E-state index in [0.717, 1.165) is 11.3 Å². The third-order valence-corrected chi connectivity index (χ3v) is 4.79. The Bertz CT molecular complexity index is 949. The molecule has 3 aromatic rings. The normalized spacial score (nSPS) is 10.6. The number of aromatic nitrogens is 3. The van der Waals surface area contributed by atoms with Gasteiger partial charge in [-0.05, 0) is 42.0 Å². The third kappa shape index (κ3) is 4.97. The second-order valence-corrected chi connectivity index (χ2v) is 7.22. The first kappa shape index (κ1) is 20.0. The monoisotopic (exact) mass is 415 g/mol. The minimum absolute atomic E-state index is 0.241. The standard InChI is InChI=1S/C20H19Cl2N5O/c1-26(2)19-9-8-18(24-25-19)20(28)27(13-15-5-3-4-10-23-15)12-14-6-7-16(21)17(22)11-14/h3-11H,12-13H2,1-2H3. The van der Waals surface area contributed by atoms with Crippen molar-refractivity contribution in [3.63, 3.8) is 0 Å². The SMILES string of the molecule is CN(C)c1ccc(C(=O)N(Cc2ccc(Cl)c(Cl)c2)Cc2ccccn2)nn1. The fourth-order valence-electron chi connectivity index (χ4n) is 2.58. The maximum atomic E-state index is 13.1. The van der Waals surface area contributed by atoms with E-state index < -0.39 is 0 Å². The van der Waals surface area contributed by atoms with Gasteiger partial charge in [0.2, 0.25) is 0 Å². The van der Waals surface area contributed by atoms with E-state index in [4.69, 9.17) is 23.2 Å². The Morgan fingerprint density at radius 2 is 1.79 bits per heavy atom. The molecule has 6 nitrogen and oxygen atoms in total. The van der Waals surface area contributed by atoms with Crippen LogP contribution in [0, 0.1) is 0 Å². The second kappa shape index (κ2) is 8.99. The number of amides is 1. The lowest BCUT2D eigenvalue weighted by atomic mass is 10.2. The first-order valence-electron chi connectivity index (χ1n) is 8.58. The maximum Gasteiger partial charge on any atom is 0.275 e. The number of pyridine rings is 1. The van der Waals surface area contributed by atoms with Crippen molar-refractivity contribution in [1.82, 2.24) is 20.1 Å². The van der Waals surface area contributed by atoms with E-state index in [0.29, 0.717) is 29.0 Å². The zero-order valence-corrected chi connectivity index (χ0v) is 17.0. The van der Waals surface area contributed by atoms with Gasteiger partial charge in [-0.1, -0.05) is 35.3 Å². The van der Waals surface area contributed by atoms with Crippen molar-refractivity contribution in [2.75, 3.05) is 19.0 Å². The molecular formula is C20H19Cl2N5O. The van der Waals surface area contributed by atoms with E-state index in [1.165, 1.54) is 0 Å². The summed E-state index contributed by atoms with van der Waals surface area (Å²) in [5, 5.41) is 9.10. The molecule has 1 aromatic carbocycles. The van der Waals surface area contributed by atoms with Crippen LogP contribution in [-0.2, 0) is 13.1 Å². The van der Waals surface area contributed by atoms with Gasteiger partial charge >= 0.3 is 0 Å². The zero-order valence-electron chi connectivity index (χ0n) is 15.5. The van der Waals surface area contributed by atoms with Crippen LogP contribution in [0.25, 0.3) is 0 Å². The lowest BCUT2D eigenvalue weighted by molar-refractivity contribution is 0.0720. The van der Waals surface area contributed by atoms with Crippen LogP contribution in [-0.4, -0.2) is 40.1 Å². The molecule has 2 aromatic heterocycles. The van der Waals surface area contributed by atoms with Gasteiger partial charge in [-0.25, -0.2) is 0 Å². The second-order valence-electron chi connectivity index (χ2n) is 6.40. The van der Waals surface area contributed by atoms with Crippen molar-refractivity contribution in [1.29, 1.82) is 0 Å². The topological polar surface area (TPSA) is 62.2 Å². The van der Waals surface area contributed by atoms with Crippen molar-refractivity contribution in [3.05, 3.63) is 81.7 Å². The molecule has 0 N–H and O–H groups in total. The predicted octanol–water partition coefficient (Wildman–Crippen LogP) is 4.09. The maximum absolute atomic E-state index is 13.1. The van der Waals surface area contributed by atoms with Crippen LogP contribution in [0.1, 0.15) is 21.7 Å². The average molecular weight is 416 g/mol. The van der Waals surface area contributed by atoms with Gasteiger partial charge in [0.25, 0.3) is 5.91 Å². The van der Waals surface area contributed by atoms with Crippen LogP contribution in [0.4, 0.5) is 5.82 Å². The van der Waals surface area contributed by atoms with Crippen LogP contribution in [0.2, 0.25) is 10.0 Å². The van der Waals surface area contributed by atoms with Crippen LogP contribution in [0.15, 0.2) is 54.7 Å². The van der Waals surface area contributed by atoms with Gasteiger partial charge in [-0.3, -0.25) is 9.78 Å². The molecule has 0 aliphatic heterocycles. The molecule has 1 amide bonds. The van der Waals surface area contributed by atoms with Gasteiger partial charge in [-0.2, -0.15) is 0 Å². The Hall–Kier alpha value is -2.70. The van der Waals surface area contributed by atoms with Crippen LogP contribution >= 0.6 is 23.2 Å². The van der Waals surface area contributed by atoms with E-state index in [9.17, 15) is 4.79 Å². The summed E-state index contributed by atoms with van der Waals surface area (Å²) in [6, 6.07) is 14.3. The van der Waals surface area contributed by atoms with E-state index in [1.807, 2.05) is 43.3 Å². The quantitative estimate of drug-likeness (QED) is 0.606. The third-order valence-electron chi connectivity index (χ3n) is 4.05. The summed E-state index contributed by atoms with van der Waals surface area (Å²) in [6.07, 6.45) is 1.70. The van der Waals surface area contributed by atoms with E-state index >= 15 is 0 Å². The summed E-state index contributed by atoms with van der Waals surface area (Å²) in [7, 11) is 3.73. The van der Waals surface area contributed by atoms with Gasteiger partial charge < -0.3 is 9.80 Å². The number of hydrogen-bond acceptors (Lipinski definition) is 5. The summed E-state index contributed by atoms with van der Waals surface area (Å²) in [6.45, 7) is 0.667. The molecule has 8 heteroatoms. The summed E-state index contributed by atoms with van der Waals surface area (Å²) in [5.41, 5.74) is 1.90. The molecular weight excluding hydrogens is 397 g/mol. The lowest BCUT2D eigenvalue weighted by Crippen LogP contribution is -2.31. The number of anilines is 1. The molecule has 28 heavy (non-hydrogen) atoms. The first-order valence-corrected chi connectivity index (χ1v) is 9.34. The zero-order chi connectivity index (χ0) is 20.1.